The fourth-order valence-electron chi connectivity index (χ4n) is 4.07. The highest BCUT2D eigenvalue weighted by molar-refractivity contribution is 9.10. The van der Waals surface area contributed by atoms with Crippen LogP contribution in [0.5, 0.6) is 0 Å². The number of amides is 2. The minimum atomic E-state index is -0.287. The number of hydrogen-bond donors (Lipinski definition) is 2. The number of benzene rings is 1. The number of hydrogen-bond acceptors (Lipinski definition) is 3. The number of hydrazone groups is 1. The molecule has 0 radical (unpaired) electrons. The summed E-state index contributed by atoms with van der Waals surface area (Å²) in [6.45, 7) is 2.27. The number of anilines is 1. The van der Waals surface area contributed by atoms with Crippen LogP contribution in [0.15, 0.2) is 27.8 Å². The van der Waals surface area contributed by atoms with Crippen molar-refractivity contribution in [2.75, 3.05) is 5.32 Å². The smallest absolute Gasteiger partial charge is 0.276 e. The van der Waals surface area contributed by atoms with Gasteiger partial charge in [-0.05, 0) is 24.6 Å². The van der Waals surface area contributed by atoms with E-state index in [1.807, 2.05) is 18.2 Å². The maximum absolute atomic E-state index is 12.1. The summed E-state index contributed by atoms with van der Waals surface area (Å²) >= 11 is 3.40. The monoisotopic (exact) mass is 505 g/mol. The molecule has 2 N–H and O–H groups in total. The summed E-state index contributed by atoms with van der Waals surface area (Å²) in [7, 11) is 0. The van der Waals surface area contributed by atoms with Crippen molar-refractivity contribution in [3.05, 3.63) is 28.2 Å². The van der Waals surface area contributed by atoms with Crippen molar-refractivity contribution in [1.29, 1.82) is 0 Å². The normalized spacial score (nSPS) is 13.9. The van der Waals surface area contributed by atoms with Crippen LogP contribution >= 0.6 is 15.9 Å². The highest BCUT2D eigenvalue weighted by Crippen LogP contribution is 2.26. The lowest BCUT2D eigenvalue weighted by atomic mass is 10.0. The van der Waals surface area contributed by atoms with Crippen LogP contribution in [0.3, 0.4) is 0 Å². The molecule has 1 aromatic carbocycles. The average molecular weight is 507 g/mol. The summed E-state index contributed by atoms with van der Waals surface area (Å²) in [5.74, 6) is -0.422. The van der Waals surface area contributed by atoms with E-state index in [1.165, 1.54) is 83.5 Å². The van der Waals surface area contributed by atoms with Crippen LogP contribution in [0.4, 0.5) is 5.69 Å². The van der Waals surface area contributed by atoms with Gasteiger partial charge in [0.1, 0.15) is 0 Å². The minimum absolute atomic E-state index is 0.136. The van der Waals surface area contributed by atoms with E-state index in [2.05, 4.69) is 38.7 Å². The number of fused-ring (bicyclic) bond motifs is 1. The summed E-state index contributed by atoms with van der Waals surface area (Å²) in [4.78, 5) is 24.1. The van der Waals surface area contributed by atoms with Crippen molar-refractivity contribution in [2.24, 2.45) is 5.10 Å². The zero-order valence-electron chi connectivity index (χ0n) is 19.7. The zero-order valence-corrected chi connectivity index (χ0v) is 21.3. The Balaban J connectivity index is 1.44. The molecule has 0 saturated carbocycles. The molecule has 178 valence electrons. The predicted octanol–water partition coefficient (Wildman–Crippen LogP) is 7.48. The van der Waals surface area contributed by atoms with Crippen molar-refractivity contribution >= 4 is 39.1 Å². The molecule has 0 aromatic heterocycles. The molecular formula is C26H40BrN3O2. The van der Waals surface area contributed by atoms with Crippen molar-refractivity contribution in [2.45, 2.75) is 110 Å². The molecule has 1 aliphatic heterocycles. The Morgan fingerprint density at radius 1 is 0.875 bits per heavy atom. The number of carbonyl (C=O) groups excluding carboxylic acids is 2. The van der Waals surface area contributed by atoms with Crippen LogP contribution in [-0.2, 0) is 9.59 Å². The Hall–Kier alpha value is -1.69. The van der Waals surface area contributed by atoms with Crippen LogP contribution in [0.25, 0.3) is 0 Å². The molecule has 32 heavy (non-hydrogen) atoms. The van der Waals surface area contributed by atoms with Crippen molar-refractivity contribution < 1.29 is 9.59 Å². The maximum atomic E-state index is 12.1. The van der Waals surface area contributed by atoms with Gasteiger partial charge >= 0.3 is 0 Å². The number of halogens is 1. The fourth-order valence-corrected chi connectivity index (χ4v) is 4.43. The van der Waals surface area contributed by atoms with Gasteiger partial charge in [0.25, 0.3) is 5.91 Å². The molecule has 5 nitrogen and oxygen atoms in total. The SMILES string of the molecule is CCCCCCCCCCCCCCCCCC(=O)N/N=C1/C(=O)Nc2ccc(Br)cc21. The second-order valence-corrected chi connectivity index (χ2v) is 9.75. The molecule has 0 unspecified atom stereocenters. The number of nitrogens with one attached hydrogen (secondary N) is 2. The third-order valence-corrected chi connectivity index (χ3v) is 6.49. The highest BCUT2D eigenvalue weighted by Gasteiger charge is 2.26. The van der Waals surface area contributed by atoms with Crippen LogP contribution in [0, 0.1) is 0 Å². The van der Waals surface area contributed by atoms with Gasteiger partial charge in [-0.1, -0.05) is 113 Å². The number of nitrogens with zero attached hydrogens (tertiary/aromatic N) is 1. The first kappa shape index (κ1) is 26.6. The summed E-state index contributed by atoms with van der Waals surface area (Å²) in [5.41, 5.74) is 4.22. The van der Waals surface area contributed by atoms with Gasteiger partial charge in [0.15, 0.2) is 5.71 Å². The Morgan fingerprint density at radius 2 is 1.41 bits per heavy atom. The maximum Gasteiger partial charge on any atom is 0.276 e. The van der Waals surface area contributed by atoms with E-state index in [9.17, 15) is 9.59 Å². The summed E-state index contributed by atoms with van der Waals surface area (Å²) in [6.07, 6.45) is 20.0. The van der Waals surface area contributed by atoms with Crippen molar-refractivity contribution in [1.82, 2.24) is 5.43 Å². The standard InChI is InChI=1S/C26H40BrN3O2/c1-2-3-4-5-6-7-8-9-10-11-12-13-14-15-16-17-24(31)29-30-25-22-20-21(27)18-19-23(22)28-26(25)32/h18-20H,2-17H2,1H3,(H,29,31)(H,28,30,32). The van der Waals surface area contributed by atoms with Gasteiger partial charge in [0, 0.05) is 16.5 Å². The second kappa shape index (κ2) is 16.0. The second-order valence-electron chi connectivity index (χ2n) is 8.84. The first-order chi connectivity index (χ1) is 15.6. The minimum Gasteiger partial charge on any atom is -0.320 e. The molecule has 6 heteroatoms. The topological polar surface area (TPSA) is 70.6 Å². The molecule has 0 fully saturated rings. The molecule has 2 rings (SSSR count). The van der Waals surface area contributed by atoms with E-state index in [0.717, 1.165) is 17.3 Å². The van der Waals surface area contributed by atoms with Gasteiger partial charge in [-0.3, -0.25) is 9.59 Å². The molecule has 0 atom stereocenters. The van der Waals surface area contributed by atoms with E-state index < -0.39 is 0 Å². The summed E-state index contributed by atoms with van der Waals surface area (Å²) in [5, 5.41) is 6.82. The number of unbranched alkanes of at least 4 members (excludes halogenated alkanes) is 14. The van der Waals surface area contributed by atoms with Crippen molar-refractivity contribution in [3.63, 3.8) is 0 Å². The Kier molecular flexibility index (Phi) is 13.3. The fraction of sp³-hybridized carbons (Fsp3) is 0.654. The molecule has 1 heterocycles. The highest BCUT2D eigenvalue weighted by atomic mass is 79.9. The van der Waals surface area contributed by atoms with E-state index in [0.29, 0.717) is 17.7 Å². The molecule has 1 aliphatic rings. The van der Waals surface area contributed by atoms with Crippen LogP contribution < -0.4 is 10.7 Å². The zero-order chi connectivity index (χ0) is 23.0. The molecule has 1 aromatic rings. The number of rotatable bonds is 17. The van der Waals surface area contributed by atoms with Crippen LogP contribution in [0.2, 0.25) is 0 Å². The molecule has 0 aliphatic carbocycles. The van der Waals surface area contributed by atoms with Gasteiger partial charge in [0.2, 0.25) is 5.91 Å². The lowest BCUT2D eigenvalue weighted by Gasteiger charge is -2.04. The summed E-state index contributed by atoms with van der Waals surface area (Å²) < 4.78 is 0.865. The van der Waals surface area contributed by atoms with E-state index in [4.69, 9.17) is 0 Å². The van der Waals surface area contributed by atoms with Gasteiger partial charge in [-0.25, -0.2) is 5.43 Å². The quantitative estimate of drug-likeness (QED) is 0.170. The lowest BCUT2D eigenvalue weighted by Crippen LogP contribution is -2.23. The Morgan fingerprint density at radius 3 is 1.97 bits per heavy atom. The van der Waals surface area contributed by atoms with E-state index in [-0.39, 0.29) is 17.5 Å². The molecule has 0 bridgehead atoms. The van der Waals surface area contributed by atoms with Gasteiger partial charge in [-0.15, -0.1) is 0 Å². The first-order valence-electron chi connectivity index (χ1n) is 12.6. The van der Waals surface area contributed by atoms with Gasteiger partial charge in [-0.2, -0.15) is 5.10 Å². The van der Waals surface area contributed by atoms with E-state index in [1.54, 1.807) is 0 Å². The van der Waals surface area contributed by atoms with Gasteiger partial charge < -0.3 is 5.32 Å². The number of carbonyl (C=O) groups is 2. The molecule has 0 saturated heterocycles. The lowest BCUT2D eigenvalue weighted by molar-refractivity contribution is -0.121. The Labute approximate surface area is 202 Å². The van der Waals surface area contributed by atoms with Crippen LogP contribution in [0.1, 0.15) is 115 Å². The Bertz CT molecular complexity index is 749. The third-order valence-electron chi connectivity index (χ3n) is 6.00. The van der Waals surface area contributed by atoms with Crippen LogP contribution in [-0.4, -0.2) is 17.5 Å². The van der Waals surface area contributed by atoms with Crippen molar-refractivity contribution in [3.8, 4) is 0 Å². The predicted molar refractivity (Wildman–Crippen MR) is 137 cm³/mol. The summed E-state index contributed by atoms with van der Waals surface area (Å²) in [6, 6.07) is 5.50. The largest absolute Gasteiger partial charge is 0.320 e. The average Bonchev–Trinajstić information content (AvgIpc) is 3.09. The van der Waals surface area contributed by atoms with E-state index >= 15 is 0 Å². The molecular weight excluding hydrogens is 466 g/mol. The third kappa shape index (κ3) is 10.3. The molecule has 0 spiro atoms. The molecule has 2 amide bonds. The first-order valence-corrected chi connectivity index (χ1v) is 13.4. The van der Waals surface area contributed by atoms with Gasteiger partial charge in [0.05, 0.1) is 5.69 Å².